The van der Waals surface area contributed by atoms with Crippen molar-refractivity contribution in [1.29, 1.82) is 0 Å². The van der Waals surface area contributed by atoms with E-state index >= 15 is 0 Å². The smallest absolute Gasteiger partial charge is 0.213 e. The minimum absolute atomic E-state index is 0.133. The summed E-state index contributed by atoms with van der Waals surface area (Å²) in [7, 11) is 2.24. The van der Waals surface area contributed by atoms with E-state index in [1.807, 2.05) is 24.1 Å². The fourth-order valence-corrected chi connectivity index (χ4v) is 3.30. The van der Waals surface area contributed by atoms with Crippen LogP contribution in [-0.4, -0.2) is 63.6 Å². The van der Waals surface area contributed by atoms with E-state index in [2.05, 4.69) is 38.4 Å². The van der Waals surface area contributed by atoms with Gasteiger partial charge in [0.15, 0.2) is 5.96 Å². The molecule has 6 nitrogen and oxygen atoms in total. The van der Waals surface area contributed by atoms with Gasteiger partial charge in [0, 0.05) is 45.3 Å². The molecule has 0 heterocycles. The average molecular weight is 419 g/mol. The fraction of sp³-hybridized carbons (Fsp3) is 0.562. The lowest BCUT2D eigenvalue weighted by Crippen LogP contribution is -2.40. The summed E-state index contributed by atoms with van der Waals surface area (Å²) in [6.45, 7) is 3.57. The van der Waals surface area contributed by atoms with Crippen molar-refractivity contribution in [2.45, 2.75) is 19.9 Å². The molecule has 24 heavy (non-hydrogen) atoms. The first-order valence-electron chi connectivity index (χ1n) is 7.90. The third kappa shape index (κ3) is 6.78. The average Bonchev–Trinajstić information content (AvgIpc) is 2.56. The maximum Gasteiger partial charge on any atom is 0.213 e. The normalized spacial score (nSPS) is 12.5. The molecule has 0 saturated carbocycles. The van der Waals surface area contributed by atoms with Crippen molar-refractivity contribution in [2.24, 2.45) is 4.99 Å². The first kappa shape index (κ1) is 20.9. The van der Waals surface area contributed by atoms with E-state index in [-0.39, 0.29) is 5.75 Å². The van der Waals surface area contributed by atoms with E-state index in [0.717, 1.165) is 23.4 Å². The van der Waals surface area contributed by atoms with Gasteiger partial charge in [-0.1, -0.05) is 28.1 Å². The molecule has 0 amide bonds. The summed E-state index contributed by atoms with van der Waals surface area (Å²) in [5, 5.41) is 3.27. The van der Waals surface area contributed by atoms with Gasteiger partial charge in [-0.2, -0.15) is 0 Å². The Balaban J connectivity index is 2.43. The van der Waals surface area contributed by atoms with Crippen molar-refractivity contribution < 1.29 is 8.42 Å². The third-order valence-corrected chi connectivity index (χ3v) is 6.07. The number of nitrogens with one attached hydrogen (secondary N) is 1. The fourth-order valence-electron chi connectivity index (χ4n) is 2.18. The van der Waals surface area contributed by atoms with Crippen LogP contribution in [0.3, 0.4) is 0 Å². The van der Waals surface area contributed by atoms with Crippen LogP contribution in [-0.2, 0) is 16.6 Å². The summed E-state index contributed by atoms with van der Waals surface area (Å²) in [4.78, 5) is 6.31. The lowest BCUT2D eigenvalue weighted by Gasteiger charge is -2.23. The number of hydrogen-bond donors (Lipinski definition) is 1. The first-order chi connectivity index (χ1) is 11.3. The van der Waals surface area contributed by atoms with Crippen LogP contribution < -0.4 is 5.32 Å². The second kappa shape index (κ2) is 10.0. The molecule has 0 spiro atoms. The number of hydrogen-bond acceptors (Lipinski definition) is 3. The highest BCUT2D eigenvalue weighted by atomic mass is 79.9. The zero-order valence-corrected chi connectivity index (χ0v) is 17.2. The van der Waals surface area contributed by atoms with Gasteiger partial charge in [-0.15, -0.1) is 0 Å². The Morgan fingerprint density at radius 2 is 1.88 bits per heavy atom. The lowest BCUT2D eigenvalue weighted by atomic mass is 10.2. The Kier molecular flexibility index (Phi) is 8.72. The zero-order valence-electron chi connectivity index (χ0n) is 14.8. The molecule has 1 rings (SSSR count). The van der Waals surface area contributed by atoms with Gasteiger partial charge in [-0.25, -0.2) is 12.7 Å². The molecule has 8 heteroatoms. The Bertz CT molecular complexity index is 632. The highest BCUT2D eigenvalue weighted by Gasteiger charge is 2.14. The summed E-state index contributed by atoms with van der Waals surface area (Å²) in [6.07, 6.45) is 0.723. The quantitative estimate of drug-likeness (QED) is 0.398. The lowest BCUT2D eigenvalue weighted by molar-refractivity contribution is 0.450. The van der Waals surface area contributed by atoms with E-state index < -0.39 is 10.0 Å². The molecule has 1 aromatic rings. The molecular weight excluding hydrogens is 392 g/mol. The number of aliphatic imine (C=N–C) groups is 1. The largest absolute Gasteiger partial charge is 0.356 e. The molecule has 0 aliphatic heterocycles. The number of guanidine groups is 1. The Labute approximate surface area is 154 Å². The van der Waals surface area contributed by atoms with Crippen molar-refractivity contribution in [1.82, 2.24) is 14.5 Å². The van der Waals surface area contributed by atoms with Crippen molar-refractivity contribution in [3.63, 3.8) is 0 Å². The topological polar surface area (TPSA) is 65.0 Å². The predicted molar refractivity (Wildman–Crippen MR) is 104 cm³/mol. The minimum Gasteiger partial charge on any atom is -0.356 e. The Morgan fingerprint density at radius 1 is 1.25 bits per heavy atom. The van der Waals surface area contributed by atoms with Crippen molar-refractivity contribution in [3.8, 4) is 0 Å². The number of benzene rings is 1. The van der Waals surface area contributed by atoms with Crippen LogP contribution in [0.5, 0.6) is 0 Å². The van der Waals surface area contributed by atoms with Crippen LogP contribution in [0.25, 0.3) is 0 Å². The zero-order chi connectivity index (χ0) is 18.2. The molecule has 0 unspecified atom stereocenters. The van der Waals surface area contributed by atoms with Gasteiger partial charge >= 0.3 is 0 Å². The van der Waals surface area contributed by atoms with Gasteiger partial charge in [0.25, 0.3) is 0 Å². The second-order valence-electron chi connectivity index (χ2n) is 5.53. The molecule has 1 aromatic carbocycles. The highest BCUT2D eigenvalue weighted by Crippen LogP contribution is 2.11. The molecule has 1 N–H and O–H groups in total. The van der Waals surface area contributed by atoms with Gasteiger partial charge in [-0.05, 0) is 31.0 Å². The molecule has 136 valence electrons. The molecule has 0 saturated heterocycles. The van der Waals surface area contributed by atoms with Crippen LogP contribution in [0.4, 0.5) is 0 Å². The molecule has 0 aliphatic rings. The van der Waals surface area contributed by atoms with Crippen molar-refractivity contribution in [3.05, 3.63) is 34.3 Å². The van der Waals surface area contributed by atoms with E-state index in [9.17, 15) is 8.42 Å². The summed E-state index contributed by atoms with van der Waals surface area (Å²) >= 11 is 3.43. The SMILES string of the molecule is CCS(=O)(=O)N(C)CCCNC(=NC)N(C)Cc1ccc(Br)cc1. The van der Waals surface area contributed by atoms with Crippen LogP contribution in [0.15, 0.2) is 33.7 Å². The molecular formula is C16H27BrN4O2S. The van der Waals surface area contributed by atoms with Crippen LogP contribution in [0, 0.1) is 0 Å². The number of rotatable bonds is 8. The van der Waals surface area contributed by atoms with Gasteiger partial charge < -0.3 is 10.2 Å². The van der Waals surface area contributed by atoms with Crippen molar-refractivity contribution in [2.75, 3.05) is 40.0 Å². The molecule has 0 fully saturated rings. The second-order valence-corrected chi connectivity index (χ2v) is 8.81. The molecule has 0 atom stereocenters. The minimum atomic E-state index is -3.10. The van der Waals surface area contributed by atoms with Gasteiger partial charge in [0.1, 0.15) is 0 Å². The van der Waals surface area contributed by atoms with Gasteiger partial charge in [0.05, 0.1) is 5.75 Å². The monoisotopic (exact) mass is 418 g/mol. The molecule has 0 aliphatic carbocycles. The molecule has 0 aromatic heterocycles. The molecule has 0 bridgehead atoms. The van der Waals surface area contributed by atoms with E-state index in [0.29, 0.717) is 13.1 Å². The number of sulfonamides is 1. The predicted octanol–water partition coefficient (Wildman–Crippen LogP) is 2.13. The van der Waals surface area contributed by atoms with Crippen LogP contribution in [0.1, 0.15) is 18.9 Å². The third-order valence-electron chi connectivity index (χ3n) is 3.68. The van der Waals surface area contributed by atoms with E-state index in [1.54, 1.807) is 21.0 Å². The van der Waals surface area contributed by atoms with Crippen LogP contribution >= 0.6 is 15.9 Å². The Morgan fingerprint density at radius 3 is 2.42 bits per heavy atom. The summed E-state index contributed by atoms with van der Waals surface area (Å²) < 4.78 is 25.8. The van der Waals surface area contributed by atoms with Gasteiger partial charge in [0.2, 0.25) is 10.0 Å². The summed E-state index contributed by atoms with van der Waals surface area (Å²) in [5.74, 6) is 0.924. The number of halogens is 1. The summed E-state index contributed by atoms with van der Waals surface area (Å²) in [5.41, 5.74) is 1.19. The summed E-state index contributed by atoms with van der Waals surface area (Å²) in [6, 6.07) is 8.17. The highest BCUT2D eigenvalue weighted by molar-refractivity contribution is 9.10. The standard InChI is InChI=1S/C16H27BrN4O2S/c1-5-24(22,23)21(4)12-6-11-19-16(18-2)20(3)13-14-7-9-15(17)10-8-14/h7-10H,5-6,11-13H2,1-4H3,(H,18,19). The molecule has 0 radical (unpaired) electrons. The maximum absolute atomic E-state index is 11.7. The van der Waals surface area contributed by atoms with E-state index in [1.165, 1.54) is 9.87 Å². The van der Waals surface area contributed by atoms with Gasteiger partial charge in [-0.3, -0.25) is 4.99 Å². The van der Waals surface area contributed by atoms with Crippen LogP contribution in [0.2, 0.25) is 0 Å². The Hall–Kier alpha value is -1.12. The maximum atomic E-state index is 11.7. The van der Waals surface area contributed by atoms with E-state index in [4.69, 9.17) is 0 Å². The van der Waals surface area contributed by atoms with Crippen molar-refractivity contribution >= 4 is 31.9 Å². The number of nitrogens with zero attached hydrogens (tertiary/aromatic N) is 3. The first-order valence-corrected chi connectivity index (χ1v) is 10.3.